The molecule has 0 unspecified atom stereocenters. The summed E-state index contributed by atoms with van der Waals surface area (Å²) in [5.74, 6) is 0. The molecule has 0 radical (unpaired) electrons. The Labute approximate surface area is 158 Å². The molecular weight excluding hydrogens is 330 g/mol. The molecule has 1 aromatic heterocycles. The molecule has 27 heavy (non-hydrogen) atoms. The molecule has 5 rings (SSSR count). The number of fused-ring (bicyclic) bond motifs is 3. The first kappa shape index (κ1) is 15.5. The molecule has 0 spiro atoms. The van der Waals surface area contributed by atoms with Crippen molar-refractivity contribution in [2.24, 2.45) is 0 Å². The normalized spacial score (nSPS) is 11.5. The van der Waals surface area contributed by atoms with Gasteiger partial charge in [0.1, 0.15) is 11.4 Å². The number of benzene rings is 3. The van der Waals surface area contributed by atoms with Crippen LogP contribution in [0.2, 0.25) is 0 Å². The largest absolute Gasteiger partial charge is 0.239 e. The lowest BCUT2D eigenvalue weighted by Crippen LogP contribution is -2.33. The fourth-order valence-electron chi connectivity index (χ4n) is 3.70. The van der Waals surface area contributed by atoms with Gasteiger partial charge in [-0.05, 0) is 17.7 Å². The fourth-order valence-corrected chi connectivity index (χ4v) is 3.70. The van der Waals surface area contributed by atoms with E-state index in [4.69, 9.17) is 11.6 Å². The van der Waals surface area contributed by atoms with Crippen molar-refractivity contribution >= 4 is 5.69 Å². The third-order valence-corrected chi connectivity index (χ3v) is 4.95. The van der Waals surface area contributed by atoms with Gasteiger partial charge in [0.25, 0.3) is 0 Å². The van der Waals surface area contributed by atoms with Gasteiger partial charge in [0.15, 0.2) is 18.4 Å². The third kappa shape index (κ3) is 2.59. The zero-order valence-electron chi connectivity index (χ0n) is 14.6. The molecule has 1 aliphatic rings. The monoisotopic (exact) mass is 346 g/mol. The zero-order valence-corrected chi connectivity index (χ0v) is 14.6. The summed E-state index contributed by atoms with van der Waals surface area (Å²) in [6.07, 6.45) is 2.10. The third-order valence-electron chi connectivity index (χ3n) is 4.95. The second-order valence-corrected chi connectivity index (χ2v) is 6.64. The Morgan fingerprint density at radius 3 is 2.48 bits per heavy atom. The molecular formula is C24H16N3+. The maximum Gasteiger partial charge on any atom is 0.239 e. The highest BCUT2D eigenvalue weighted by Gasteiger charge is 2.31. The van der Waals surface area contributed by atoms with E-state index in [0.29, 0.717) is 5.69 Å². The van der Waals surface area contributed by atoms with Gasteiger partial charge < -0.3 is 0 Å². The average molecular weight is 346 g/mol. The number of nitrogens with zero attached hydrogens (tertiary/aromatic N) is 3. The van der Waals surface area contributed by atoms with E-state index in [1.807, 2.05) is 42.5 Å². The number of rotatable bonds is 2. The summed E-state index contributed by atoms with van der Waals surface area (Å²) < 4.78 is 2.28. The number of aromatic nitrogens is 2. The fraction of sp³-hybridized carbons (Fsp3) is 0.0417. The van der Waals surface area contributed by atoms with Gasteiger partial charge in [0.2, 0.25) is 5.69 Å². The SMILES string of the molecule is [C-]#[N+]c1cccc(-c2c[n+]3c(c(-c4ccccc4)n2)-c2ccccc2C3)c1. The van der Waals surface area contributed by atoms with Gasteiger partial charge in [-0.3, -0.25) is 0 Å². The van der Waals surface area contributed by atoms with Crippen LogP contribution in [0.3, 0.4) is 0 Å². The van der Waals surface area contributed by atoms with Crippen molar-refractivity contribution in [2.75, 3.05) is 0 Å². The van der Waals surface area contributed by atoms with Crippen LogP contribution in [0.15, 0.2) is 85.1 Å². The van der Waals surface area contributed by atoms with Crippen LogP contribution in [0.5, 0.6) is 0 Å². The molecule has 0 amide bonds. The van der Waals surface area contributed by atoms with Gasteiger partial charge in [0, 0.05) is 11.1 Å². The highest BCUT2D eigenvalue weighted by atomic mass is 15.0. The molecule has 0 fully saturated rings. The average Bonchev–Trinajstić information content (AvgIpc) is 3.12. The first-order valence-corrected chi connectivity index (χ1v) is 8.89. The van der Waals surface area contributed by atoms with E-state index in [9.17, 15) is 0 Å². The van der Waals surface area contributed by atoms with Gasteiger partial charge >= 0.3 is 0 Å². The zero-order chi connectivity index (χ0) is 18.2. The summed E-state index contributed by atoms with van der Waals surface area (Å²) >= 11 is 0. The highest BCUT2D eigenvalue weighted by molar-refractivity contribution is 5.80. The van der Waals surface area contributed by atoms with Gasteiger partial charge in [-0.1, -0.05) is 66.7 Å². The summed E-state index contributed by atoms with van der Waals surface area (Å²) in [5, 5.41) is 0. The van der Waals surface area contributed by atoms with E-state index >= 15 is 0 Å². The van der Waals surface area contributed by atoms with Crippen LogP contribution >= 0.6 is 0 Å². The standard InChI is InChI=1S/C24H16N3/c1-25-20-12-7-11-18(14-20)22-16-27-15-19-10-5-6-13-21(19)24(27)23(26-22)17-8-3-2-4-9-17/h2-14,16H,15H2/q+1. The molecule has 0 saturated carbocycles. The summed E-state index contributed by atoms with van der Waals surface area (Å²) in [6.45, 7) is 8.13. The van der Waals surface area contributed by atoms with Crippen molar-refractivity contribution in [3.63, 3.8) is 0 Å². The van der Waals surface area contributed by atoms with Crippen molar-refractivity contribution in [1.29, 1.82) is 0 Å². The Kier molecular flexibility index (Phi) is 3.55. The summed E-state index contributed by atoms with van der Waals surface area (Å²) in [4.78, 5) is 8.59. The molecule has 1 aliphatic heterocycles. The van der Waals surface area contributed by atoms with E-state index in [-0.39, 0.29) is 0 Å². The van der Waals surface area contributed by atoms with Crippen LogP contribution in [0.1, 0.15) is 5.56 Å². The first-order valence-electron chi connectivity index (χ1n) is 8.89. The van der Waals surface area contributed by atoms with Crippen molar-refractivity contribution in [2.45, 2.75) is 6.54 Å². The summed E-state index contributed by atoms with van der Waals surface area (Å²) in [7, 11) is 0. The van der Waals surface area contributed by atoms with Crippen LogP contribution in [-0.4, -0.2) is 4.98 Å². The quantitative estimate of drug-likeness (QED) is 0.315. The Morgan fingerprint density at radius 2 is 1.63 bits per heavy atom. The van der Waals surface area contributed by atoms with Crippen molar-refractivity contribution in [3.8, 4) is 33.8 Å². The van der Waals surface area contributed by atoms with Crippen LogP contribution in [-0.2, 0) is 6.54 Å². The van der Waals surface area contributed by atoms with Crippen LogP contribution in [0.4, 0.5) is 5.69 Å². The smallest absolute Gasteiger partial charge is 0.238 e. The van der Waals surface area contributed by atoms with Gasteiger partial charge in [0.05, 0.1) is 12.1 Å². The lowest BCUT2D eigenvalue weighted by molar-refractivity contribution is -0.671. The highest BCUT2D eigenvalue weighted by Crippen LogP contribution is 2.35. The van der Waals surface area contributed by atoms with E-state index < -0.39 is 0 Å². The second-order valence-electron chi connectivity index (χ2n) is 6.64. The molecule has 126 valence electrons. The van der Waals surface area contributed by atoms with Crippen LogP contribution < -0.4 is 4.57 Å². The van der Waals surface area contributed by atoms with E-state index in [0.717, 1.165) is 34.8 Å². The molecule has 4 aromatic rings. The lowest BCUT2D eigenvalue weighted by atomic mass is 10.0. The van der Waals surface area contributed by atoms with Crippen molar-refractivity contribution < 1.29 is 4.57 Å². The lowest BCUT2D eigenvalue weighted by Gasteiger charge is -2.08. The molecule has 3 nitrogen and oxygen atoms in total. The molecule has 0 aliphatic carbocycles. The predicted octanol–water partition coefficient (Wildman–Crippen LogP) is 5.28. The van der Waals surface area contributed by atoms with Gasteiger partial charge in [-0.2, -0.15) is 4.57 Å². The van der Waals surface area contributed by atoms with E-state index in [2.05, 4.69) is 52.0 Å². The van der Waals surface area contributed by atoms with E-state index in [1.165, 1.54) is 11.1 Å². The van der Waals surface area contributed by atoms with Crippen molar-refractivity contribution in [1.82, 2.24) is 4.98 Å². The molecule has 0 saturated heterocycles. The predicted molar refractivity (Wildman–Crippen MR) is 106 cm³/mol. The van der Waals surface area contributed by atoms with Crippen molar-refractivity contribution in [3.05, 3.63) is 102 Å². The Hall–Kier alpha value is -3.77. The maximum absolute atomic E-state index is 7.29. The van der Waals surface area contributed by atoms with Crippen LogP contribution in [0, 0.1) is 6.57 Å². The summed E-state index contributed by atoms with van der Waals surface area (Å²) in [6, 6.07) is 26.5. The topological polar surface area (TPSA) is 21.1 Å². The molecule has 2 heterocycles. The molecule has 0 atom stereocenters. The van der Waals surface area contributed by atoms with Crippen LogP contribution in [0.25, 0.3) is 38.6 Å². The second kappa shape index (κ2) is 6.19. The Balaban J connectivity index is 1.78. The first-order chi connectivity index (χ1) is 13.3. The molecule has 0 N–H and O–H groups in total. The minimum atomic E-state index is 0.629. The Bertz CT molecular complexity index is 1200. The Morgan fingerprint density at radius 1 is 0.852 bits per heavy atom. The molecule has 3 aromatic carbocycles. The minimum absolute atomic E-state index is 0.629. The van der Waals surface area contributed by atoms with Gasteiger partial charge in [-0.25, -0.2) is 9.83 Å². The van der Waals surface area contributed by atoms with Gasteiger partial charge in [-0.15, -0.1) is 0 Å². The number of hydrogen-bond donors (Lipinski definition) is 0. The molecule has 3 heteroatoms. The maximum atomic E-state index is 7.29. The summed E-state index contributed by atoms with van der Waals surface area (Å²) in [5.41, 5.74) is 8.26. The molecule has 0 bridgehead atoms. The number of hydrogen-bond acceptors (Lipinski definition) is 1. The minimum Gasteiger partial charge on any atom is -0.238 e. The van der Waals surface area contributed by atoms with E-state index in [1.54, 1.807) is 0 Å².